The van der Waals surface area contributed by atoms with Gasteiger partial charge in [0.05, 0.1) is 22.7 Å². The summed E-state index contributed by atoms with van der Waals surface area (Å²) in [6.07, 6.45) is 0.799. The Morgan fingerprint density at radius 2 is 1.95 bits per heavy atom. The zero-order valence-corrected chi connectivity index (χ0v) is 10.8. The van der Waals surface area contributed by atoms with Crippen molar-refractivity contribution in [2.24, 2.45) is 0 Å². The number of aryl methyl sites for hydroxylation is 2. The van der Waals surface area contributed by atoms with Crippen LogP contribution in [0.15, 0.2) is 53.3 Å². The number of nitrogens with zero attached hydrogens (tertiary/aromatic N) is 2. The van der Waals surface area contributed by atoms with Crippen LogP contribution in [0.25, 0.3) is 11.0 Å². The number of benzene rings is 2. The van der Waals surface area contributed by atoms with Gasteiger partial charge < -0.3 is 4.98 Å². The van der Waals surface area contributed by atoms with Crippen molar-refractivity contribution in [2.75, 3.05) is 0 Å². The van der Waals surface area contributed by atoms with E-state index in [9.17, 15) is 4.79 Å². The highest BCUT2D eigenvalue weighted by molar-refractivity contribution is 5.76. The van der Waals surface area contributed by atoms with Gasteiger partial charge in [-0.3, -0.25) is 4.57 Å². The molecule has 1 heterocycles. The molecule has 0 saturated heterocycles. The topological polar surface area (TPSA) is 61.6 Å². The molecule has 0 saturated carbocycles. The van der Waals surface area contributed by atoms with Gasteiger partial charge in [0.1, 0.15) is 0 Å². The highest BCUT2D eigenvalue weighted by Crippen LogP contribution is 2.13. The lowest BCUT2D eigenvalue weighted by atomic mass is 10.1. The van der Waals surface area contributed by atoms with Gasteiger partial charge in [-0.15, -0.1) is 0 Å². The minimum Gasteiger partial charge on any atom is -0.305 e. The number of fused-ring (bicyclic) bond motifs is 1. The average Bonchev–Trinajstić information content (AvgIpc) is 2.80. The highest BCUT2D eigenvalue weighted by atomic mass is 16.1. The van der Waals surface area contributed by atoms with E-state index in [2.05, 4.69) is 11.1 Å². The molecule has 0 aliphatic carbocycles. The molecule has 98 valence electrons. The van der Waals surface area contributed by atoms with E-state index in [1.807, 2.05) is 36.4 Å². The second-order valence-corrected chi connectivity index (χ2v) is 4.66. The summed E-state index contributed by atoms with van der Waals surface area (Å²) in [6.45, 7) is 0.620. The summed E-state index contributed by atoms with van der Waals surface area (Å²) >= 11 is 0. The lowest BCUT2D eigenvalue weighted by Crippen LogP contribution is -2.17. The summed E-state index contributed by atoms with van der Waals surface area (Å²) in [5.74, 6) is 0. The number of aromatic amines is 1. The normalized spacial score (nSPS) is 10.6. The third kappa shape index (κ3) is 2.21. The van der Waals surface area contributed by atoms with E-state index in [4.69, 9.17) is 5.26 Å². The molecular weight excluding hydrogens is 250 g/mol. The second-order valence-electron chi connectivity index (χ2n) is 4.66. The number of hydrogen-bond acceptors (Lipinski definition) is 2. The summed E-state index contributed by atoms with van der Waals surface area (Å²) in [5, 5.41) is 8.88. The van der Waals surface area contributed by atoms with E-state index in [1.165, 1.54) is 5.56 Å². The van der Waals surface area contributed by atoms with E-state index >= 15 is 0 Å². The number of imidazole rings is 1. The summed E-state index contributed by atoms with van der Waals surface area (Å²) in [4.78, 5) is 14.8. The smallest absolute Gasteiger partial charge is 0.305 e. The Labute approximate surface area is 115 Å². The zero-order valence-electron chi connectivity index (χ0n) is 10.8. The van der Waals surface area contributed by atoms with Crippen molar-refractivity contribution in [2.45, 2.75) is 13.0 Å². The van der Waals surface area contributed by atoms with Crippen molar-refractivity contribution >= 4 is 11.0 Å². The molecule has 3 rings (SSSR count). The molecule has 4 nitrogen and oxygen atoms in total. The molecule has 0 amide bonds. The first-order valence-electron chi connectivity index (χ1n) is 6.44. The quantitative estimate of drug-likeness (QED) is 0.789. The molecule has 0 bridgehead atoms. The second kappa shape index (κ2) is 5.06. The van der Waals surface area contributed by atoms with Crippen LogP contribution >= 0.6 is 0 Å². The molecule has 0 atom stereocenters. The van der Waals surface area contributed by atoms with Gasteiger partial charge in [0.15, 0.2) is 0 Å². The Balaban J connectivity index is 1.94. The minimum absolute atomic E-state index is 0.133. The number of hydrogen-bond donors (Lipinski definition) is 1. The molecule has 0 aliphatic rings. The summed E-state index contributed by atoms with van der Waals surface area (Å²) in [5.41, 5.74) is 3.16. The maximum atomic E-state index is 12.0. The molecule has 20 heavy (non-hydrogen) atoms. The van der Waals surface area contributed by atoms with Gasteiger partial charge in [-0.2, -0.15) is 5.26 Å². The van der Waals surface area contributed by atoms with Crippen molar-refractivity contribution in [3.8, 4) is 6.07 Å². The fourth-order valence-corrected chi connectivity index (χ4v) is 2.34. The molecule has 4 heteroatoms. The van der Waals surface area contributed by atoms with Crippen molar-refractivity contribution in [3.63, 3.8) is 0 Å². The van der Waals surface area contributed by atoms with Gasteiger partial charge in [-0.1, -0.05) is 30.3 Å². The first-order chi connectivity index (χ1) is 9.78. The maximum absolute atomic E-state index is 12.0. The van der Waals surface area contributed by atoms with E-state index in [-0.39, 0.29) is 5.69 Å². The first kappa shape index (κ1) is 12.2. The van der Waals surface area contributed by atoms with Crippen molar-refractivity contribution < 1.29 is 0 Å². The number of nitriles is 1. The molecule has 0 fully saturated rings. The lowest BCUT2D eigenvalue weighted by Gasteiger charge is -2.03. The average molecular weight is 263 g/mol. The molecule has 3 aromatic rings. The van der Waals surface area contributed by atoms with Crippen LogP contribution in [0.3, 0.4) is 0 Å². The fourth-order valence-electron chi connectivity index (χ4n) is 2.34. The molecular formula is C16H13N3O. The molecule has 1 aromatic heterocycles. The number of rotatable bonds is 3. The Hall–Kier alpha value is -2.80. The van der Waals surface area contributed by atoms with Crippen LogP contribution < -0.4 is 5.69 Å². The Morgan fingerprint density at radius 1 is 1.15 bits per heavy atom. The van der Waals surface area contributed by atoms with Gasteiger partial charge in [-0.25, -0.2) is 4.79 Å². The molecule has 0 unspecified atom stereocenters. The number of aromatic nitrogens is 2. The standard InChI is InChI=1S/C16H13N3O/c17-11-13-6-7-15-14(10-13)18-16(20)19(15)9-8-12-4-2-1-3-5-12/h1-7,10H,8-9H2,(H,18,20). The predicted octanol–water partition coefficient (Wildman–Crippen LogP) is 2.44. The van der Waals surface area contributed by atoms with Crippen molar-refractivity contribution in [1.29, 1.82) is 5.26 Å². The van der Waals surface area contributed by atoms with Crippen LogP contribution in [0.4, 0.5) is 0 Å². The van der Waals surface area contributed by atoms with Gasteiger partial charge in [0.25, 0.3) is 0 Å². The van der Waals surface area contributed by atoms with Crippen LogP contribution in [0, 0.1) is 11.3 Å². The van der Waals surface area contributed by atoms with Crippen LogP contribution in [0.5, 0.6) is 0 Å². The minimum atomic E-state index is -0.133. The van der Waals surface area contributed by atoms with Crippen molar-refractivity contribution in [1.82, 2.24) is 9.55 Å². The van der Waals surface area contributed by atoms with E-state index < -0.39 is 0 Å². The summed E-state index contributed by atoms with van der Waals surface area (Å²) in [7, 11) is 0. The molecule has 0 aliphatic heterocycles. The van der Waals surface area contributed by atoms with E-state index in [1.54, 1.807) is 16.7 Å². The van der Waals surface area contributed by atoms with E-state index in [0.29, 0.717) is 17.6 Å². The molecule has 1 N–H and O–H groups in total. The Bertz CT molecular complexity index is 838. The van der Waals surface area contributed by atoms with E-state index in [0.717, 1.165) is 11.9 Å². The third-order valence-electron chi connectivity index (χ3n) is 3.37. The highest BCUT2D eigenvalue weighted by Gasteiger charge is 2.07. The molecule has 0 radical (unpaired) electrons. The lowest BCUT2D eigenvalue weighted by molar-refractivity contribution is 0.691. The third-order valence-corrected chi connectivity index (χ3v) is 3.37. The predicted molar refractivity (Wildman–Crippen MR) is 77.4 cm³/mol. The van der Waals surface area contributed by atoms with Crippen LogP contribution in [-0.4, -0.2) is 9.55 Å². The Kier molecular flexibility index (Phi) is 3.10. The molecule has 0 spiro atoms. The largest absolute Gasteiger partial charge is 0.326 e. The summed E-state index contributed by atoms with van der Waals surface area (Å²) in [6, 6.07) is 17.4. The number of nitrogens with one attached hydrogen (secondary N) is 1. The van der Waals surface area contributed by atoms with Crippen LogP contribution in [-0.2, 0) is 13.0 Å². The molecule has 2 aromatic carbocycles. The van der Waals surface area contributed by atoms with Crippen LogP contribution in [0.1, 0.15) is 11.1 Å². The number of H-pyrrole nitrogens is 1. The van der Waals surface area contributed by atoms with Gasteiger partial charge in [0.2, 0.25) is 0 Å². The monoisotopic (exact) mass is 263 g/mol. The van der Waals surface area contributed by atoms with Gasteiger partial charge in [-0.05, 0) is 30.2 Å². The van der Waals surface area contributed by atoms with Gasteiger partial charge >= 0.3 is 5.69 Å². The SMILES string of the molecule is N#Cc1ccc2c(c1)[nH]c(=O)n2CCc1ccccc1. The first-order valence-corrected chi connectivity index (χ1v) is 6.44. The summed E-state index contributed by atoms with van der Waals surface area (Å²) < 4.78 is 1.71. The maximum Gasteiger partial charge on any atom is 0.326 e. The fraction of sp³-hybridized carbons (Fsp3) is 0.125. The Morgan fingerprint density at radius 3 is 2.70 bits per heavy atom. The van der Waals surface area contributed by atoms with Crippen molar-refractivity contribution in [3.05, 3.63) is 70.1 Å². The van der Waals surface area contributed by atoms with Gasteiger partial charge in [0, 0.05) is 6.54 Å². The van der Waals surface area contributed by atoms with Crippen LogP contribution in [0.2, 0.25) is 0 Å². The zero-order chi connectivity index (χ0) is 13.9.